The van der Waals surface area contributed by atoms with Crippen LogP contribution in [-0.4, -0.2) is 12.1 Å². The summed E-state index contributed by atoms with van der Waals surface area (Å²) in [6, 6.07) is 26.2. The van der Waals surface area contributed by atoms with Crippen LogP contribution in [0.15, 0.2) is 77.7 Å². The van der Waals surface area contributed by atoms with Gasteiger partial charge in [-0.2, -0.15) is 10.5 Å². The molecule has 110 valence electrons. The van der Waals surface area contributed by atoms with Crippen molar-refractivity contribution in [3.63, 3.8) is 0 Å². The number of benzene rings is 3. The van der Waals surface area contributed by atoms with Crippen LogP contribution in [0.25, 0.3) is 22.3 Å². The third-order valence-electron chi connectivity index (χ3n) is 3.86. The predicted molar refractivity (Wildman–Crippen MR) is 101 cm³/mol. The number of hydrogen-bond acceptors (Lipinski definition) is 0. The maximum Gasteiger partial charge on any atom is 0.000895 e. The monoisotopic (exact) mass is 304 g/mol. The standard InChI is InChI=1S/C21H20S/c1-16-4-6-17(7-5-16)18-8-10-19(11-9-18)20-12-14-21(15-13-20)22(2)3/h4-15H,2H2,1,3H3. The van der Waals surface area contributed by atoms with Gasteiger partial charge in [0.2, 0.25) is 0 Å². The third kappa shape index (κ3) is 3.20. The van der Waals surface area contributed by atoms with Gasteiger partial charge >= 0.3 is 0 Å². The van der Waals surface area contributed by atoms with Gasteiger partial charge in [0.1, 0.15) is 0 Å². The highest BCUT2D eigenvalue weighted by Crippen LogP contribution is 2.27. The maximum atomic E-state index is 4.09. The summed E-state index contributed by atoms with van der Waals surface area (Å²) in [7, 11) is 0.0758. The lowest BCUT2D eigenvalue weighted by Crippen LogP contribution is -1.81. The molecule has 0 N–H and O–H groups in total. The van der Waals surface area contributed by atoms with Gasteiger partial charge in [0, 0.05) is 4.90 Å². The lowest BCUT2D eigenvalue weighted by atomic mass is 10.00. The van der Waals surface area contributed by atoms with Gasteiger partial charge < -0.3 is 0 Å². The summed E-state index contributed by atoms with van der Waals surface area (Å²) in [5, 5.41) is 0. The van der Waals surface area contributed by atoms with E-state index in [0.717, 1.165) is 0 Å². The van der Waals surface area contributed by atoms with Crippen LogP contribution >= 0.6 is 10.5 Å². The van der Waals surface area contributed by atoms with E-state index in [1.165, 1.54) is 32.7 Å². The molecule has 0 aliphatic carbocycles. The first-order valence-corrected chi connectivity index (χ1v) is 9.17. The topological polar surface area (TPSA) is 0 Å². The summed E-state index contributed by atoms with van der Waals surface area (Å²) in [6.07, 6.45) is 2.14. The van der Waals surface area contributed by atoms with E-state index >= 15 is 0 Å². The summed E-state index contributed by atoms with van der Waals surface area (Å²) in [6.45, 7) is 2.11. The van der Waals surface area contributed by atoms with E-state index in [1.807, 2.05) is 0 Å². The molecule has 0 aromatic heterocycles. The lowest BCUT2D eigenvalue weighted by molar-refractivity contribution is 1.45. The Morgan fingerprint density at radius 2 is 0.909 bits per heavy atom. The van der Waals surface area contributed by atoms with Crippen molar-refractivity contribution in [2.24, 2.45) is 0 Å². The first kappa shape index (κ1) is 14.8. The van der Waals surface area contributed by atoms with Crippen LogP contribution in [0.1, 0.15) is 5.56 Å². The van der Waals surface area contributed by atoms with Gasteiger partial charge in [0.25, 0.3) is 0 Å². The summed E-state index contributed by atoms with van der Waals surface area (Å²) in [4.78, 5) is 1.31. The van der Waals surface area contributed by atoms with Crippen LogP contribution in [0.2, 0.25) is 0 Å². The molecule has 1 unspecified atom stereocenters. The number of rotatable bonds is 3. The molecule has 0 saturated heterocycles. The Morgan fingerprint density at radius 1 is 0.591 bits per heavy atom. The zero-order chi connectivity index (χ0) is 15.5. The Labute approximate surface area is 135 Å². The smallest absolute Gasteiger partial charge is 0.000895 e. The molecule has 0 radical (unpaired) electrons. The average molecular weight is 304 g/mol. The van der Waals surface area contributed by atoms with Crippen LogP contribution in [-0.2, 0) is 0 Å². The maximum absolute atomic E-state index is 4.09. The van der Waals surface area contributed by atoms with Crippen LogP contribution in [0.4, 0.5) is 0 Å². The fraction of sp³-hybridized carbons (Fsp3) is 0.0952. The summed E-state index contributed by atoms with van der Waals surface area (Å²) >= 11 is 0. The van der Waals surface area contributed by atoms with Crippen LogP contribution in [0.5, 0.6) is 0 Å². The van der Waals surface area contributed by atoms with Crippen molar-refractivity contribution in [2.75, 3.05) is 6.26 Å². The van der Waals surface area contributed by atoms with Crippen LogP contribution < -0.4 is 0 Å². The van der Waals surface area contributed by atoms with Gasteiger partial charge in [0.05, 0.1) is 0 Å². The molecule has 0 saturated carbocycles. The molecule has 3 aromatic rings. The lowest BCUT2D eigenvalue weighted by Gasteiger charge is -2.07. The zero-order valence-corrected chi connectivity index (χ0v) is 13.9. The third-order valence-corrected chi connectivity index (χ3v) is 4.94. The highest BCUT2D eigenvalue weighted by atomic mass is 32.2. The van der Waals surface area contributed by atoms with Crippen LogP contribution in [0.3, 0.4) is 0 Å². The Hall–Kier alpha value is -2.12. The van der Waals surface area contributed by atoms with Crippen molar-refractivity contribution in [3.05, 3.63) is 78.4 Å². The van der Waals surface area contributed by atoms with E-state index in [-0.39, 0.29) is 10.5 Å². The first-order valence-electron chi connectivity index (χ1n) is 7.37. The van der Waals surface area contributed by atoms with Crippen molar-refractivity contribution in [3.8, 4) is 22.3 Å². The largest absolute Gasteiger partial charge is 0.165 e. The van der Waals surface area contributed by atoms with Gasteiger partial charge in [-0.25, -0.2) is 0 Å². The molecule has 0 bridgehead atoms. The minimum Gasteiger partial charge on any atom is -0.165 e. The normalized spacial score (nSPS) is 12.1. The van der Waals surface area contributed by atoms with Gasteiger partial charge in [-0.3, -0.25) is 0 Å². The van der Waals surface area contributed by atoms with Crippen molar-refractivity contribution < 1.29 is 0 Å². The molecule has 0 heterocycles. The van der Waals surface area contributed by atoms with Gasteiger partial charge in [0.15, 0.2) is 0 Å². The van der Waals surface area contributed by atoms with Crippen molar-refractivity contribution in [1.29, 1.82) is 0 Å². The van der Waals surface area contributed by atoms with Gasteiger partial charge in [-0.15, -0.1) is 0 Å². The Morgan fingerprint density at radius 3 is 1.27 bits per heavy atom. The highest BCUT2D eigenvalue weighted by Gasteiger charge is 2.01. The second-order valence-electron chi connectivity index (χ2n) is 5.60. The fourth-order valence-corrected chi connectivity index (χ4v) is 3.08. The molecule has 1 atom stereocenters. The Bertz CT molecular complexity index is 779. The van der Waals surface area contributed by atoms with Crippen LogP contribution in [0, 0.1) is 6.92 Å². The summed E-state index contributed by atoms with van der Waals surface area (Å²) in [5.41, 5.74) is 6.32. The summed E-state index contributed by atoms with van der Waals surface area (Å²) < 4.78 is 0. The first-order chi connectivity index (χ1) is 10.6. The number of hydrogen-bond donors (Lipinski definition) is 0. The highest BCUT2D eigenvalue weighted by molar-refractivity contribution is 8.13. The fourth-order valence-electron chi connectivity index (χ4n) is 2.48. The van der Waals surface area contributed by atoms with E-state index in [2.05, 4.69) is 91.8 Å². The molecule has 22 heavy (non-hydrogen) atoms. The molecular weight excluding hydrogens is 284 g/mol. The molecular formula is C21H20S. The number of aryl methyl sites for hydroxylation is 1. The van der Waals surface area contributed by atoms with Gasteiger partial charge in [-0.05, 0) is 47.6 Å². The Kier molecular flexibility index (Phi) is 4.26. The minimum atomic E-state index is 0.0758. The van der Waals surface area contributed by atoms with Crippen molar-refractivity contribution in [1.82, 2.24) is 0 Å². The average Bonchev–Trinajstić information content (AvgIpc) is 2.56. The Balaban J connectivity index is 1.87. The second-order valence-corrected chi connectivity index (χ2v) is 7.35. The summed E-state index contributed by atoms with van der Waals surface area (Å²) in [5.74, 6) is 4.09. The van der Waals surface area contributed by atoms with Crippen molar-refractivity contribution >= 4 is 16.4 Å². The SMILES string of the molecule is C=S(C)c1ccc(-c2ccc(-c3ccc(C)cc3)cc2)cc1. The molecule has 0 aliphatic rings. The predicted octanol–water partition coefficient (Wildman–Crippen LogP) is 6.02. The molecule has 0 nitrogen and oxygen atoms in total. The molecule has 0 spiro atoms. The molecule has 0 aliphatic heterocycles. The molecule has 1 heteroatoms. The van der Waals surface area contributed by atoms with E-state index < -0.39 is 0 Å². The van der Waals surface area contributed by atoms with E-state index in [4.69, 9.17) is 0 Å². The van der Waals surface area contributed by atoms with Crippen molar-refractivity contribution in [2.45, 2.75) is 11.8 Å². The molecule has 3 rings (SSSR count). The van der Waals surface area contributed by atoms with Gasteiger partial charge in [-0.1, -0.05) is 72.1 Å². The second kappa shape index (κ2) is 6.33. The zero-order valence-electron chi connectivity index (χ0n) is 13.0. The molecule has 3 aromatic carbocycles. The van der Waals surface area contributed by atoms with E-state index in [1.54, 1.807) is 0 Å². The minimum absolute atomic E-state index is 0.0758. The molecule has 0 fully saturated rings. The quantitative estimate of drug-likeness (QED) is 0.519. The molecule has 0 amide bonds. The van der Waals surface area contributed by atoms with E-state index in [0.29, 0.717) is 0 Å². The van der Waals surface area contributed by atoms with E-state index in [9.17, 15) is 0 Å².